The van der Waals surface area contributed by atoms with Gasteiger partial charge in [0.05, 0.1) is 5.02 Å². The lowest BCUT2D eigenvalue weighted by Gasteiger charge is -2.26. The maximum Gasteiger partial charge on any atom is 0.244 e. The topological polar surface area (TPSA) is 62.3 Å². The molecule has 0 radical (unpaired) electrons. The van der Waals surface area contributed by atoms with Gasteiger partial charge in [-0.25, -0.2) is 8.42 Å². The molecule has 0 atom stereocenters. The maximum atomic E-state index is 12.1. The molecule has 0 saturated carbocycles. The van der Waals surface area contributed by atoms with Crippen molar-refractivity contribution in [1.29, 1.82) is 0 Å². The van der Waals surface area contributed by atoms with Crippen LogP contribution in [0.1, 0.15) is 0 Å². The average molecular weight is 298 g/mol. The first-order valence-corrected chi connectivity index (χ1v) is 6.74. The smallest absolute Gasteiger partial charge is 0.244 e. The quantitative estimate of drug-likeness (QED) is 0.875. The molecule has 1 aliphatic heterocycles. The van der Waals surface area contributed by atoms with Gasteiger partial charge in [-0.05, 0) is 6.07 Å². The van der Waals surface area contributed by atoms with Crippen molar-refractivity contribution in [2.75, 3.05) is 26.2 Å². The van der Waals surface area contributed by atoms with Crippen LogP contribution >= 0.6 is 24.0 Å². The van der Waals surface area contributed by atoms with E-state index >= 15 is 0 Å². The summed E-state index contributed by atoms with van der Waals surface area (Å²) in [6.07, 6.45) is 2.74. The standard InChI is InChI=1S/C9H12ClN3O2S.ClH/c10-8-5-9(7-12-6-8)16(14,15)13-3-1-11-2-4-13;/h5-7,11H,1-4H2;1H. The lowest BCUT2D eigenvalue weighted by molar-refractivity contribution is 0.360. The molecule has 1 aromatic heterocycles. The van der Waals surface area contributed by atoms with Crippen molar-refractivity contribution in [3.05, 3.63) is 23.5 Å². The summed E-state index contributed by atoms with van der Waals surface area (Å²) in [5, 5.41) is 3.43. The molecule has 1 aliphatic rings. The van der Waals surface area contributed by atoms with E-state index in [1.54, 1.807) is 0 Å². The summed E-state index contributed by atoms with van der Waals surface area (Å²) in [4.78, 5) is 3.95. The lowest BCUT2D eigenvalue weighted by Crippen LogP contribution is -2.46. The zero-order valence-electron chi connectivity index (χ0n) is 8.97. The number of pyridine rings is 1. The van der Waals surface area contributed by atoms with E-state index in [4.69, 9.17) is 11.6 Å². The number of aromatic nitrogens is 1. The highest BCUT2D eigenvalue weighted by atomic mass is 35.5. The van der Waals surface area contributed by atoms with Crippen LogP contribution in [0.4, 0.5) is 0 Å². The van der Waals surface area contributed by atoms with Gasteiger partial charge in [-0.3, -0.25) is 4.98 Å². The summed E-state index contributed by atoms with van der Waals surface area (Å²) in [7, 11) is -3.44. The molecular formula is C9H13Cl2N3O2S. The van der Waals surface area contributed by atoms with Crippen molar-refractivity contribution < 1.29 is 8.42 Å². The summed E-state index contributed by atoms with van der Waals surface area (Å²) in [6, 6.07) is 1.42. The highest BCUT2D eigenvalue weighted by molar-refractivity contribution is 7.89. The number of piperazine rings is 1. The van der Waals surface area contributed by atoms with Crippen molar-refractivity contribution in [1.82, 2.24) is 14.6 Å². The molecule has 0 amide bonds. The third-order valence-corrected chi connectivity index (χ3v) is 4.46. The molecule has 0 aromatic carbocycles. The van der Waals surface area contributed by atoms with E-state index in [2.05, 4.69) is 10.3 Å². The van der Waals surface area contributed by atoms with Crippen LogP contribution in [0.25, 0.3) is 0 Å². The first kappa shape index (κ1) is 14.7. The van der Waals surface area contributed by atoms with E-state index in [0.717, 1.165) is 0 Å². The van der Waals surface area contributed by atoms with E-state index in [1.165, 1.54) is 22.8 Å². The molecule has 0 aliphatic carbocycles. The number of hydrogen-bond acceptors (Lipinski definition) is 4. The molecule has 0 spiro atoms. The summed E-state index contributed by atoms with van der Waals surface area (Å²) in [5.74, 6) is 0. The second-order valence-electron chi connectivity index (χ2n) is 3.49. The Hall–Kier alpha value is -0.400. The largest absolute Gasteiger partial charge is 0.314 e. The van der Waals surface area contributed by atoms with Gasteiger partial charge in [0.1, 0.15) is 4.90 Å². The molecule has 1 N–H and O–H groups in total. The molecule has 2 heterocycles. The summed E-state index contributed by atoms with van der Waals surface area (Å²) >= 11 is 5.73. The van der Waals surface area contributed by atoms with Crippen LogP contribution in [0.5, 0.6) is 0 Å². The molecule has 8 heteroatoms. The first-order valence-electron chi connectivity index (χ1n) is 4.92. The number of sulfonamides is 1. The normalized spacial score (nSPS) is 17.5. The van der Waals surface area contributed by atoms with Crippen molar-refractivity contribution in [2.45, 2.75) is 4.90 Å². The van der Waals surface area contributed by atoms with Gasteiger partial charge in [0.2, 0.25) is 10.0 Å². The molecule has 2 rings (SSSR count). The van der Waals surface area contributed by atoms with E-state index in [9.17, 15) is 8.42 Å². The van der Waals surface area contributed by atoms with Crippen LogP contribution in [-0.4, -0.2) is 43.9 Å². The second-order valence-corrected chi connectivity index (χ2v) is 5.87. The van der Waals surface area contributed by atoms with Crippen LogP contribution in [0.15, 0.2) is 23.4 Å². The van der Waals surface area contributed by atoms with Gasteiger partial charge in [0, 0.05) is 38.6 Å². The van der Waals surface area contributed by atoms with Crippen LogP contribution < -0.4 is 5.32 Å². The Balaban J connectivity index is 0.00000144. The predicted octanol–water partition coefficient (Wildman–Crippen LogP) is 0.751. The van der Waals surface area contributed by atoms with Gasteiger partial charge in [0.15, 0.2) is 0 Å². The van der Waals surface area contributed by atoms with E-state index in [0.29, 0.717) is 31.2 Å². The number of rotatable bonds is 2. The molecule has 1 saturated heterocycles. The van der Waals surface area contributed by atoms with E-state index < -0.39 is 10.0 Å². The van der Waals surface area contributed by atoms with Gasteiger partial charge in [-0.1, -0.05) is 11.6 Å². The molecule has 0 bridgehead atoms. The predicted molar refractivity (Wildman–Crippen MR) is 68.1 cm³/mol. The Morgan fingerprint density at radius 3 is 2.53 bits per heavy atom. The van der Waals surface area contributed by atoms with Gasteiger partial charge in [-0.2, -0.15) is 4.31 Å². The van der Waals surface area contributed by atoms with Crippen LogP contribution in [-0.2, 0) is 10.0 Å². The summed E-state index contributed by atoms with van der Waals surface area (Å²) in [5.41, 5.74) is 0. The Labute approximate surface area is 112 Å². The minimum absolute atomic E-state index is 0. The third kappa shape index (κ3) is 3.29. The minimum atomic E-state index is -3.44. The van der Waals surface area contributed by atoms with Gasteiger partial charge in [0.25, 0.3) is 0 Å². The van der Waals surface area contributed by atoms with E-state index in [1.807, 2.05) is 0 Å². The monoisotopic (exact) mass is 297 g/mol. The van der Waals surface area contributed by atoms with Gasteiger partial charge >= 0.3 is 0 Å². The molecule has 1 aromatic rings. The average Bonchev–Trinajstić information content (AvgIpc) is 2.30. The molecule has 0 unspecified atom stereocenters. The zero-order valence-corrected chi connectivity index (χ0v) is 11.4. The molecule has 5 nitrogen and oxygen atoms in total. The highest BCUT2D eigenvalue weighted by Crippen LogP contribution is 2.18. The highest BCUT2D eigenvalue weighted by Gasteiger charge is 2.26. The van der Waals surface area contributed by atoms with Gasteiger partial charge < -0.3 is 5.32 Å². The van der Waals surface area contributed by atoms with Gasteiger partial charge in [-0.15, -0.1) is 12.4 Å². The van der Waals surface area contributed by atoms with Crippen LogP contribution in [0, 0.1) is 0 Å². The number of nitrogens with one attached hydrogen (secondary N) is 1. The fraction of sp³-hybridized carbons (Fsp3) is 0.444. The summed E-state index contributed by atoms with van der Waals surface area (Å²) in [6.45, 7) is 2.31. The first-order chi connectivity index (χ1) is 7.60. The Morgan fingerprint density at radius 2 is 1.94 bits per heavy atom. The number of nitrogens with zero attached hydrogens (tertiary/aromatic N) is 2. The molecule has 1 fully saturated rings. The Morgan fingerprint density at radius 1 is 1.29 bits per heavy atom. The fourth-order valence-electron chi connectivity index (χ4n) is 1.57. The molecule has 17 heavy (non-hydrogen) atoms. The second kappa shape index (κ2) is 5.97. The maximum absolute atomic E-state index is 12.1. The molecule has 96 valence electrons. The fourth-order valence-corrected chi connectivity index (χ4v) is 3.24. The van der Waals surface area contributed by atoms with Crippen molar-refractivity contribution >= 4 is 34.0 Å². The zero-order chi connectivity index (χ0) is 11.6. The summed E-state index contributed by atoms with van der Waals surface area (Å²) < 4.78 is 25.7. The van der Waals surface area contributed by atoms with Crippen LogP contribution in [0.2, 0.25) is 5.02 Å². The Bertz CT molecular complexity index is 475. The minimum Gasteiger partial charge on any atom is -0.314 e. The van der Waals surface area contributed by atoms with Crippen LogP contribution in [0.3, 0.4) is 0 Å². The van der Waals surface area contributed by atoms with Crippen molar-refractivity contribution in [3.8, 4) is 0 Å². The Kier molecular flexibility index (Phi) is 5.15. The third-order valence-electron chi connectivity index (χ3n) is 2.39. The number of halogens is 2. The lowest BCUT2D eigenvalue weighted by atomic mass is 10.4. The number of hydrogen-bond donors (Lipinski definition) is 1. The van der Waals surface area contributed by atoms with Crippen molar-refractivity contribution in [2.24, 2.45) is 0 Å². The SMILES string of the molecule is Cl.O=S(=O)(c1cncc(Cl)c1)N1CCNCC1. The van der Waals surface area contributed by atoms with E-state index in [-0.39, 0.29) is 17.3 Å². The van der Waals surface area contributed by atoms with Crippen molar-refractivity contribution in [3.63, 3.8) is 0 Å². The molecular weight excluding hydrogens is 285 g/mol.